The first kappa shape index (κ1) is 10.7. The Hall–Kier alpha value is -0.770. The third-order valence-corrected chi connectivity index (χ3v) is 3.23. The zero-order valence-electron chi connectivity index (χ0n) is 8.08. The summed E-state index contributed by atoms with van der Waals surface area (Å²) in [7, 11) is 1.71. The Labute approximate surface area is 97.8 Å². The number of halogens is 2. The van der Waals surface area contributed by atoms with Gasteiger partial charge in [-0.05, 0) is 17.7 Å². The third-order valence-electron chi connectivity index (χ3n) is 2.67. The van der Waals surface area contributed by atoms with Gasteiger partial charge in [0.15, 0.2) is 0 Å². The zero-order valence-corrected chi connectivity index (χ0v) is 9.59. The lowest BCUT2D eigenvalue weighted by atomic mass is 9.90. The van der Waals surface area contributed by atoms with E-state index >= 15 is 0 Å². The number of nitrogens with zero attached hydrogens (tertiary/aromatic N) is 1. The topological polar surface area (TPSA) is 46.3 Å². The molecule has 3 nitrogen and oxygen atoms in total. The summed E-state index contributed by atoms with van der Waals surface area (Å²) < 4.78 is 0. The van der Waals surface area contributed by atoms with Crippen LogP contribution in [0, 0.1) is 0 Å². The molecule has 1 aliphatic rings. The number of β-lactam (4-membered cyclic amide) rings is 1. The highest BCUT2D eigenvalue weighted by Crippen LogP contribution is 2.36. The van der Waals surface area contributed by atoms with Gasteiger partial charge in [-0.2, -0.15) is 0 Å². The highest BCUT2D eigenvalue weighted by Gasteiger charge is 2.43. The molecule has 0 bridgehead atoms. The van der Waals surface area contributed by atoms with Crippen molar-refractivity contribution in [3.63, 3.8) is 0 Å². The van der Waals surface area contributed by atoms with Gasteiger partial charge in [0.05, 0.1) is 6.04 Å². The molecule has 2 atom stereocenters. The molecule has 2 rings (SSSR count). The number of carbonyl (C=O) groups excluding carboxylic acids is 1. The van der Waals surface area contributed by atoms with Crippen LogP contribution in [0.2, 0.25) is 10.0 Å². The number of amides is 1. The van der Waals surface area contributed by atoms with Gasteiger partial charge in [0.1, 0.15) is 6.04 Å². The van der Waals surface area contributed by atoms with Gasteiger partial charge in [-0.15, -0.1) is 0 Å². The summed E-state index contributed by atoms with van der Waals surface area (Å²) in [6.07, 6.45) is 0. The van der Waals surface area contributed by atoms with E-state index in [9.17, 15) is 4.79 Å². The summed E-state index contributed by atoms with van der Waals surface area (Å²) >= 11 is 11.8. The van der Waals surface area contributed by atoms with E-state index in [-0.39, 0.29) is 11.9 Å². The Morgan fingerprint density at radius 3 is 2.60 bits per heavy atom. The van der Waals surface area contributed by atoms with Gasteiger partial charge >= 0.3 is 0 Å². The molecular formula is C10H10Cl2N2O. The van der Waals surface area contributed by atoms with Crippen LogP contribution < -0.4 is 5.73 Å². The predicted molar refractivity (Wildman–Crippen MR) is 59.9 cm³/mol. The van der Waals surface area contributed by atoms with Gasteiger partial charge in [0.2, 0.25) is 5.91 Å². The first-order valence-electron chi connectivity index (χ1n) is 4.49. The molecule has 0 spiro atoms. The first-order valence-corrected chi connectivity index (χ1v) is 5.25. The average molecular weight is 245 g/mol. The fourth-order valence-corrected chi connectivity index (χ4v) is 2.33. The number of nitrogens with two attached hydrogens (primary N) is 1. The molecule has 1 saturated heterocycles. The third kappa shape index (κ3) is 1.61. The highest BCUT2D eigenvalue weighted by atomic mass is 35.5. The molecule has 0 aromatic heterocycles. The molecule has 1 aromatic carbocycles. The molecule has 1 amide bonds. The first-order chi connectivity index (χ1) is 7.02. The predicted octanol–water partition coefficient (Wildman–Crippen LogP) is 1.83. The molecule has 1 heterocycles. The van der Waals surface area contributed by atoms with Crippen molar-refractivity contribution >= 4 is 29.1 Å². The van der Waals surface area contributed by atoms with E-state index in [2.05, 4.69) is 0 Å². The molecule has 0 unspecified atom stereocenters. The number of benzene rings is 1. The quantitative estimate of drug-likeness (QED) is 0.767. The van der Waals surface area contributed by atoms with Gasteiger partial charge in [-0.3, -0.25) is 4.79 Å². The highest BCUT2D eigenvalue weighted by molar-refractivity contribution is 6.35. The summed E-state index contributed by atoms with van der Waals surface area (Å²) in [5, 5.41) is 1.12. The molecule has 1 fully saturated rings. The number of carbonyl (C=O) groups is 1. The SMILES string of the molecule is CN1C(=O)[C@@H](N)[C@H]1c1ccc(Cl)cc1Cl. The number of rotatable bonds is 1. The maximum atomic E-state index is 11.3. The molecule has 1 aromatic rings. The van der Waals surface area contributed by atoms with Crippen LogP contribution in [0.5, 0.6) is 0 Å². The lowest BCUT2D eigenvalue weighted by molar-refractivity contribution is -0.146. The fraction of sp³-hybridized carbons (Fsp3) is 0.300. The van der Waals surface area contributed by atoms with Crippen LogP contribution in [0.15, 0.2) is 18.2 Å². The van der Waals surface area contributed by atoms with Gasteiger partial charge in [-0.1, -0.05) is 29.3 Å². The van der Waals surface area contributed by atoms with Crippen molar-refractivity contribution in [3.05, 3.63) is 33.8 Å². The normalized spacial score (nSPS) is 25.3. The summed E-state index contributed by atoms with van der Waals surface area (Å²) in [6, 6.07) is 4.57. The van der Waals surface area contributed by atoms with E-state index in [0.29, 0.717) is 10.0 Å². The van der Waals surface area contributed by atoms with Crippen molar-refractivity contribution in [1.29, 1.82) is 0 Å². The standard InChI is InChI=1S/C10H10Cl2N2O/c1-14-9(8(13)10(14)15)6-3-2-5(11)4-7(6)12/h2-4,8-9H,13H2,1H3/t8-,9+/m0/s1. The smallest absolute Gasteiger partial charge is 0.242 e. The summed E-state index contributed by atoms with van der Waals surface area (Å²) in [6.45, 7) is 0. The van der Waals surface area contributed by atoms with Crippen LogP contribution in [-0.2, 0) is 4.79 Å². The molecule has 1 aliphatic heterocycles. The summed E-state index contributed by atoms with van der Waals surface area (Å²) in [5.41, 5.74) is 6.56. The van der Waals surface area contributed by atoms with Crippen molar-refractivity contribution in [2.24, 2.45) is 5.73 Å². The lowest BCUT2D eigenvalue weighted by Crippen LogP contribution is -2.61. The monoisotopic (exact) mass is 244 g/mol. The van der Waals surface area contributed by atoms with Crippen LogP contribution in [0.3, 0.4) is 0 Å². The molecule has 0 radical (unpaired) electrons. The van der Waals surface area contributed by atoms with Gasteiger partial charge < -0.3 is 10.6 Å². The molecule has 2 N–H and O–H groups in total. The summed E-state index contributed by atoms with van der Waals surface area (Å²) in [4.78, 5) is 12.8. The second-order valence-electron chi connectivity index (χ2n) is 3.59. The molecule has 0 saturated carbocycles. The van der Waals surface area contributed by atoms with Crippen molar-refractivity contribution < 1.29 is 4.79 Å². The fourth-order valence-electron chi connectivity index (χ4n) is 1.81. The minimum atomic E-state index is -0.492. The largest absolute Gasteiger partial charge is 0.335 e. The van der Waals surface area contributed by atoms with Crippen LogP contribution in [0.1, 0.15) is 11.6 Å². The van der Waals surface area contributed by atoms with Crippen LogP contribution >= 0.6 is 23.2 Å². The average Bonchev–Trinajstić information content (AvgIpc) is 2.21. The van der Waals surface area contributed by atoms with Gasteiger partial charge in [0, 0.05) is 17.1 Å². The van der Waals surface area contributed by atoms with Crippen molar-refractivity contribution in [3.8, 4) is 0 Å². The summed E-state index contributed by atoms with van der Waals surface area (Å²) in [5.74, 6) is -0.0639. The Morgan fingerprint density at radius 1 is 1.40 bits per heavy atom. The number of hydrogen-bond acceptors (Lipinski definition) is 2. The van der Waals surface area contributed by atoms with Crippen LogP contribution in [-0.4, -0.2) is 23.9 Å². The second kappa shape index (κ2) is 3.67. The number of hydrogen-bond donors (Lipinski definition) is 1. The molecule has 5 heteroatoms. The molecule has 0 aliphatic carbocycles. The van der Waals surface area contributed by atoms with E-state index in [4.69, 9.17) is 28.9 Å². The Morgan fingerprint density at radius 2 is 2.07 bits per heavy atom. The lowest BCUT2D eigenvalue weighted by Gasteiger charge is -2.43. The maximum absolute atomic E-state index is 11.3. The Kier molecular flexibility index (Phi) is 2.63. The maximum Gasteiger partial charge on any atom is 0.242 e. The van der Waals surface area contributed by atoms with Crippen molar-refractivity contribution in [1.82, 2.24) is 4.90 Å². The van der Waals surface area contributed by atoms with E-state index in [1.165, 1.54) is 0 Å². The van der Waals surface area contributed by atoms with Crippen molar-refractivity contribution in [2.45, 2.75) is 12.1 Å². The van der Waals surface area contributed by atoms with E-state index < -0.39 is 6.04 Å². The second-order valence-corrected chi connectivity index (χ2v) is 4.43. The zero-order chi connectivity index (χ0) is 11.2. The minimum absolute atomic E-state index is 0.0639. The minimum Gasteiger partial charge on any atom is -0.335 e. The molecular weight excluding hydrogens is 235 g/mol. The Balaban J connectivity index is 2.35. The van der Waals surface area contributed by atoms with Crippen LogP contribution in [0.4, 0.5) is 0 Å². The van der Waals surface area contributed by atoms with E-state index in [1.807, 2.05) is 0 Å². The number of likely N-dealkylation sites (tertiary alicyclic amines) is 1. The van der Waals surface area contributed by atoms with Crippen LogP contribution in [0.25, 0.3) is 0 Å². The number of likely N-dealkylation sites (N-methyl/N-ethyl adjacent to an activating group) is 1. The van der Waals surface area contributed by atoms with Crippen molar-refractivity contribution in [2.75, 3.05) is 7.05 Å². The Bertz CT molecular complexity index is 410. The van der Waals surface area contributed by atoms with Gasteiger partial charge in [-0.25, -0.2) is 0 Å². The van der Waals surface area contributed by atoms with E-state index in [0.717, 1.165) is 5.56 Å². The molecule has 80 valence electrons. The van der Waals surface area contributed by atoms with E-state index in [1.54, 1.807) is 30.1 Å². The molecule has 15 heavy (non-hydrogen) atoms. The van der Waals surface area contributed by atoms with Gasteiger partial charge in [0.25, 0.3) is 0 Å².